The first-order valence-corrected chi connectivity index (χ1v) is 10.2. The summed E-state index contributed by atoms with van der Waals surface area (Å²) in [4.78, 5) is 8.44. The van der Waals surface area contributed by atoms with Crippen molar-refractivity contribution in [2.24, 2.45) is 0 Å². The summed E-state index contributed by atoms with van der Waals surface area (Å²) in [5.41, 5.74) is 5.73. The number of aryl methyl sites for hydroxylation is 3. The van der Waals surface area contributed by atoms with Gasteiger partial charge in [-0.25, -0.2) is 15.1 Å². The highest BCUT2D eigenvalue weighted by molar-refractivity contribution is 5.72. The van der Waals surface area contributed by atoms with Gasteiger partial charge in [-0.15, -0.1) is 5.10 Å². The molecule has 0 saturated carbocycles. The highest BCUT2D eigenvalue weighted by Crippen LogP contribution is 2.29. The number of aromatic amines is 1. The third-order valence-electron chi connectivity index (χ3n) is 5.47. The maximum Gasteiger partial charge on any atom is 0.179 e. The molecule has 0 bridgehead atoms. The number of nitrogens with zero attached hydrogens (tertiary/aromatic N) is 7. The van der Waals surface area contributed by atoms with Gasteiger partial charge in [0.25, 0.3) is 0 Å². The summed E-state index contributed by atoms with van der Waals surface area (Å²) in [6.45, 7) is 2.96. The fourth-order valence-electron chi connectivity index (χ4n) is 3.82. The minimum atomic E-state index is 0.675. The Kier molecular flexibility index (Phi) is 5.10. The lowest BCUT2D eigenvalue weighted by Gasteiger charge is -2.13. The maximum atomic E-state index is 4.31. The van der Waals surface area contributed by atoms with Crippen LogP contribution in [0.25, 0.3) is 28.2 Å². The number of tetrazole rings is 1. The van der Waals surface area contributed by atoms with E-state index in [1.54, 1.807) is 12.5 Å². The van der Waals surface area contributed by atoms with Crippen LogP contribution in [0.15, 0.2) is 73.6 Å². The number of hydrogen-bond donors (Lipinski definition) is 1. The van der Waals surface area contributed by atoms with Crippen molar-refractivity contribution in [3.8, 4) is 28.2 Å². The van der Waals surface area contributed by atoms with Crippen LogP contribution < -0.4 is 0 Å². The van der Waals surface area contributed by atoms with E-state index >= 15 is 0 Å². The Bertz CT molecular complexity index is 1250. The molecule has 0 aliphatic carbocycles. The van der Waals surface area contributed by atoms with Gasteiger partial charge < -0.3 is 9.13 Å². The zero-order valence-corrected chi connectivity index (χ0v) is 17.2. The summed E-state index contributed by atoms with van der Waals surface area (Å²) in [5, 5.41) is 14.3. The summed E-state index contributed by atoms with van der Waals surface area (Å²) < 4.78 is 4.18. The summed E-state index contributed by atoms with van der Waals surface area (Å²) in [6, 6.07) is 14.9. The first-order chi connectivity index (χ1) is 15.3. The first-order valence-electron chi connectivity index (χ1n) is 10.2. The van der Waals surface area contributed by atoms with Gasteiger partial charge in [0.1, 0.15) is 5.82 Å². The molecule has 2 aromatic carbocycles. The van der Waals surface area contributed by atoms with Gasteiger partial charge in [-0.1, -0.05) is 24.3 Å². The van der Waals surface area contributed by atoms with Crippen LogP contribution >= 0.6 is 0 Å². The molecular weight excluding hydrogens is 388 g/mol. The quantitative estimate of drug-likeness (QED) is 0.440. The lowest BCUT2D eigenvalue weighted by Crippen LogP contribution is -2.02. The normalized spacial score (nSPS) is 11.1. The third kappa shape index (κ3) is 4.00. The van der Waals surface area contributed by atoms with Crippen molar-refractivity contribution in [3.63, 3.8) is 0 Å². The minimum Gasteiger partial charge on any atom is -0.335 e. The molecule has 3 heterocycles. The van der Waals surface area contributed by atoms with Crippen molar-refractivity contribution < 1.29 is 0 Å². The Hall–Kier alpha value is -4.07. The monoisotopic (exact) mass is 410 g/mol. The van der Waals surface area contributed by atoms with Crippen molar-refractivity contribution in [2.75, 3.05) is 0 Å². The molecule has 0 radical (unpaired) electrons. The molecule has 1 N–H and O–H groups in total. The number of imidazole rings is 2. The molecule has 154 valence electrons. The molecular formula is C23H22N8. The number of nitrogens with one attached hydrogen (secondary N) is 1. The van der Waals surface area contributed by atoms with Gasteiger partial charge in [0.2, 0.25) is 0 Å². The molecule has 0 aliphatic heterocycles. The second-order valence-electron chi connectivity index (χ2n) is 7.41. The van der Waals surface area contributed by atoms with E-state index in [2.05, 4.69) is 77.6 Å². The van der Waals surface area contributed by atoms with Crippen LogP contribution in [0.3, 0.4) is 0 Å². The second-order valence-corrected chi connectivity index (χ2v) is 7.41. The standard InChI is InChI=1S/C23H22N8/c1-17-25-11-14-30(17)12-2-3-19-15-20(23-26-28-29-27-23)6-9-22(19)18-4-7-21(8-5-18)31-13-10-24-16-31/h4-11,13-16H,2-3,12H2,1H3,(H,26,27,28,29). The van der Waals surface area contributed by atoms with E-state index < -0.39 is 0 Å². The minimum absolute atomic E-state index is 0.675. The van der Waals surface area contributed by atoms with E-state index in [9.17, 15) is 0 Å². The third-order valence-corrected chi connectivity index (χ3v) is 5.47. The van der Waals surface area contributed by atoms with Gasteiger partial charge in [0, 0.05) is 42.6 Å². The van der Waals surface area contributed by atoms with E-state index in [0.29, 0.717) is 5.82 Å². The van der Waals surface area contributed by atoms with Gasteiger partial charge in [0.05, 0.1) is 6.33 Å². The van der Waals surface area contributed by atoms with Crippen molar-refractivity contribution in [1.82, 2.24) is 39.7 Å². The molecule has 0 aliphatic rings. The lowest BCUT2D eigenvalue weighted by molar-refractivity contribution is 0.626. The molecule has 5 rings (SSSR count). The number of hydrogen-bond acceptors (Lipinski definition) is 5. The van der Waals surface area contributed by atoms with Crippen LogP contribution in [0, 0.1) is 6.92 Å². The smallest absolute Gasteiger partial charge is 0.179 e. The molecule has 0 spiro atoms. The zero-order chi connectivity index (χ0) is 21.0. The zero-order valence-electron chi connectivity index (χ0n) is 17.2. The molecule has 31 heavy (non-hydrogen) atoms. The highest BCUT2D eigenvalue weighted by atomic mass is 15.5. The molecule has 8 heteroatoms. The Balaban J connectivity index is 1.44. The summed E-state index contributed by atoms with van der Waals surface area (Å²) in [7, 11) is 0. The highest BCUT2D eigenvalue weighted by Gasteiger charge is 2.11. The Labute approximate surface area is 179 Å². The number of benzene rings is 2. The van der Waals surface area contributed by atoms with Crippen LogP contribution in [0.5, 0.6) is 0 Å². The average molecular weight is 410 g/mol. The Morgan fingerprint density at radius 3 is 2.55 bits per heavy atom. The molecule has 8 nitrogen and oxygen atoms in total. The summed E-state index contributed by atoms with van der Waals surface area (Å²) in [6.07, 6.45) is 11.4. The molecule has 0 unspecified atom stereocenters. The fourth-order valence-corrected chi connectivity index (χ4v) is 3.82. The van der Waals surface area contributed by atoms with E-state index in [-0.39, 0.29) is 0 Å². The molecule has 0 saturated heterocycles. The predicted octanol–water partition coefficient (Wildman–Crippen LogP) is 3.86. The van der Waals surface area contributed by atoms with E-state index in [1.807, 2.05) is 30.1 Å². The topological polar surface area (TPSA) is 90.1 Å². The van der Waals surface area contributed by atoms with Crippen LogP contribution in [-0.4, -0.2) is 39.7 Å². The SMILES string of the molecule is Cc1nccn1CCCc1cc(-c2nnn[nH]2)ccc1-c1ccc(-n2ccnc2)cc1. The molecule has 3 aromatic heterocycles. The lowest BCUT2D eigenvalue weighted by atomic mass is 9.94. The number of aromatic nitrogens is 8. The Morgan fingerprint density at radius 1 is 0.968 bits per heavy atom. The van der Waals surface area contributed by atoms with Gasteiger partial charge in [-0.05, 0) is 65.1 Å². The molecule has 0 amide bonds. The van der Waals surface area contributed by atoms with E-state index in [0.717, 1.165) is 36.5 Å². The largest absolute Gasteiger partial charge is 0.335 e. The van der Waals surface area contributed by atoms with Gasteiger partial charge in [-0.3, -0.25) is 0 Å². The van der Waals surface area contributed by atoms with Crippen molar-refractivity contribution in [2.45, 2.75) is 26.3 Å². The fraction of sp³-hybridized carbons (Fsp3) is 0.174. The van der Waals surface area contributed by atoms with Gasteiger partial charge in [-0.2, -0.15) is 0 Å². The van der Waals surface area contributed by atoms with Gasteiger partial charge in [0.15, 0.2) is 5.82 Å². The molecule has 5 aromatic rings. The van der Waals surface area contributed by atoms with Crippen LogP contribution in [0.1, 0.15) is 17.8 Å². The number of H-pyrrole nitrogens is 1. The van der Waals surface area contributed by atoms with Crippen LogP contribution in [0.4, 0.5) is 0 Å². The maximum absolute atomic E-state index is 4.31. The van der Waals surface area contributed by atoms with Crippen molar-refractivity contribution in [1.29, 1.82) is 0 Å². The predicted molar refractivity (Wildman–Crippen MR) is 117 cm³/mol. The van der Waals surface area contributed by atoms with Crippen LogP contribution in [0.2, 0.25) is 0 Å². The van der Waals surface area contributed by atoms with Crippen molar-refractivity contribution >= 4 is 0 Å². The Morgan fingerprint density at radius 2 is 1.84 bits per heavy atom. The molecule has 0 fully saturated rings. The molecule has 0 atom stereocenters. The van der Waals surface area contributed by atoms with E-state index in [1.165, 1.54) is 16.7 Å². The summed E-state index contributed by atoms with van der Waals surface area (Å²) >= 11 is 0. The first kappa shape index (κ1) is 18.9. The van der Waals surface area contributed by atoms with E-state index in [4.69, 9.17) is 0 Å². The van der Waals surface area contributed by atoms with Gasteiger partial charge >= 0.3 is 0 Å². The van der Waals surface area contributed by atoms with Crippen LogP contribution in [-0.2, 0) is 13.0 Å². The average Bonchev–Trinajstić information content (AvgIpc) is 3.58. The van der Waals surface area contributed by atoms with Crippen molar-refractivity contribution in [3.05, 3.63) is 85.0 Å². The second kappa shape index (κ2) is 8.35. The summed E-state index contributed by atoms with van der Waals surface area (Å²) in [5.74, 6) is 1.71. The number of rotatable bonds is 7.